The highest BCUT2D eigenvalue weighted by atomic mass is 15.0. The van der Waals surface area contributed by atoms with Crippen LogP contribution in [-0.2, 0) is 0 Å². The Morgan fingerprint density at radius 3 is 1.35 bits per heavy atom. The lowest BCUT2D eigenvalue weighted by Gasteiger charge is -2.12. The van der Waals surface area contributed by atoms with Crippen molar-refractivity contribution in [2.75, 3.05) is 0 Å². The maximum absolute atomic E-state index is 5.46. The summed E-state index contributed by atoms with van der Waals surface area (Å²) in [5.74, 6) is 0. The van der Waals surface area contributed by atoms with Gasteiger partial charge in [0.15, 0.2) is 0 Å². The number of nitrogens with zero attached hydrogens (tertiary/aromatic N) is 4. The summed E-state index contributed by atoms with van der Waals surface area (Å²) < 4.78 is 4.79. The molecule has 82 heavy (non-hydrogen) atoms. The van der Waals surface area contributed by atoms with Crippen LogP contribution >= 0.6 is 0 Å². The Hall–Kier alpha value is -10.9. The van der Waals surface area contributed by atoms with Gasteiger partial charge in [-0.15, -0.1) is 0 Å². The van der Waals surface area contributed by atoms with Crippen molar-refractivity contribution < 1.29 is 0 Å². The van der Waals surface area contributed by atoms with E-state index in [1.165, 1.54) is 121 Å². The van der Waals surface area contributed by atoms with Crippen molar-refractivity contribution in [3.05, 3.63) is 279 Å². The lowest BCUT2D eigenvalue weighted by Crippen LogP contribution is -1.94. The molecule has 12 aromatic carbocycles. The lowest BCUT2D eigenvalue weighted by atomic mass is 9.97. The molecule has 0 unspecified atom stereocenters. The minimum Gasteiger partial charge on any atom is -0.309 e. The monoisotopic (exact) mass is 1040 g/mol. The normalized spacial score (nSPS) is 12.1. The maximum atomic E-state index is 5.46. The molecule has 4 heterocycles. The summed E-state index contributed by atoms with van der Waals surface area (Å²) in [6.45, 7) is 0. The third kappa shape index (κ3) is 6.67. The fourth-order valence-electron chi connectivity index (χ4n) is 13.8. The summed E-state index contributed by atoms with van der Waals surface area (Å²) in [7, 11) is 0. The zero-order chi connectivity index (χ0) is 53.6. The molecule has 2 aliphatic rings. The van der Waals surface area contributed by atoms with Crippen LogP contribution in [0.4, 0.5) is 0 Å². The van der Waals surface area contributed by atoms with Gasteiger partial charge < -0.3 is 9.13 Å². The summed E-state index contributed by atoms with van der Waals surface area (Å²) in [5, 5.41) is 9.82. The molecule has 0 aliphatic heterocycles. The summed E-state index contributed by atoms with van der Waals surface area (Å²) in [6, 6.07) is 102. The SMILES string of the molecule is c1ccc(-n2c3ccccc3c3cc(-c4ccc(-c5cc6cccc7c6c(n5)-c5ccc(-c6cccc(-n8c9ccccc9c9cc(-c%10cccc(-c%11cc%12cccc%13c%12c(n%11)-c%11ccccc%11-%13)c%10)ccc98)c6)cc5-7)cc4)ccc32)cc1. The van der Waals surface area contributed by atoms with Crippen LogP contribution in [0.15, 0.2) is 279 Å². The van der Waals surface area contributed by atoms with Gasteiger partial charge >= 0.3 is 0 Å². The van der Waals surface area contributed by atoms with E-state index in [-0.39, 0.29) is 0 Å². The largest absolute Gasteiger partial charge is 0.309 e. The summed E-state index contributed by atoms with van der Waals surface area (Å²) >= 11 is 0. The molecule has 2 aliphatic carbocycles. The molecule has 378 valence electrons. The third-order valence-corrected chi connectivity index (χ3v) is 17.6. The molecule has 0 atom stereocenters. The average molecular weight is 1040 g/mol. The molecule has 0 bridgehead atoms. The summed E-state index contributed by atoms with van der Waals surface area (Å²) in [4.78, 5) is 10.8. The molecule has 18 rings (SSSR count). The zero-order valence-electron chi connectivity index (χ0n) is 44.3. The lowest BCUT2D eigenvalue weighted by molar-refractivity contribution is 1.18. The van der Waals surface area contributed by atoms with Crippen molar-refractivity contribution >= 4 is 65.2 Å². The van der Waals surface area contributed by atoms with E-state index in [2.05, 4.69) is 288 Å². The number of benzene rings is 12. The van der Waals surface area contributed by atoms with E-state index in [1.807, 2.05) is 0 Å². The molecule has 4 heteroatoms. The van der Waals surface area contributed by atoms with Crippen LogP contribution < -0.4 is 0 Å². The predicted molar refractivity (Wildman–Crippen MR) is 342 cm³/mol. The molecule has 0 amide bonds. The van der Waals surface area contributed by atoms with E-state index >= 15 is 0 Å². The van der Waals surface area contributed by atoms with Crippen molar-refractivity contribution in [1.82, 2.24) is 19.1 Å². The molecule has 0 spiro atoms. The molecule has 4 nitrogen and oxygen atoms in total. The fraction of sp³-hybridized carbons (Fsp3) is 0. The standard InChI is InChI=1S/C78H46N4/c1-2-19-57(20-3-1)81-71-28-8-6-23-60(71)67-43-51(35-38-73(67)81)47-30-32-48(33-31-47)69-45-55-18-13-27-63-66-42-52(34-37-65(66)78(79-69)76(55)63)50-15-11-21-58(41-50)82-72-29-9-7-24-61(72)68-44-53(36-39-74(68)82)49-14-10-16-54(40-49)70-46-56-17-12-26-62-59-22-4-5-25-64(59)77(80-70)75(56)62/h1-46H. The second-order valence-corrected chi connectivity index (χ2v) is 22.0. The molecular weight excluding hydrogens is 993 g/mol. The van der Waals surface area contributed by atoms with Crippen LogP contribution in [-0.4, -0.2) is 19.1 Å². The van der Waals surface area contributed by atoms with Crippen molar-refractivity contribution in [1.29, 1.82) is 0 Å². The van der Waals surface area contributed by atoms with Crippen molar-refractivity contribution in [3.8, 4) is 112 Å². The quantitative estimate of drug-likeness (QED) is 0.159. The van der Waals surface area contributed by atoms with Crippen LogP contribution in [0, 0.1) is 0 Å². The van der Waals surface area contributed by atoms with E-state index in [9.17, 15) is 0 Å². The zero-order valence-corrected chi connectivity index (χ0v) is 44.3. The fourth-order valence-corrected chi connectivity index (χ4v) is 13.8. The van der Waals surface area contributed by atoms with E-state index in [0.717, 1.165) is 56.4 Å². The van der Waals surface area contributed by atoms with E-state index in [4.69, 9.17) is 9.97 Å². The van der Waals surface area contributed by atoms with E-state index in [0.29, 0.717) is 0 Å². The van der Waals surface area contributed by atoms with Gasteiger partial charge in [-0.3, -0.25) is 0 Å². The minimum atomic E-state index is 0.973. The van der Waals surface area contributed by atoms with Crippen LogP contribution in [0.2, 0.25) is 0 Å². The molecule has 0 fully saturated rings. The van der Waals surface area contributed by atoms with Crippen LogP contribution in [0.3, 0.4) is 0 Å². The predicted octanol–water partition coefficient (Wildman–Crippen LogP) is 20.6. The molecule has 16 aromatic rings. The summed E-state index contributed by atoms with van der Waals surface area (Å²) in [6.07, 6.45) is 0. The number of fused-ring (bicyclic) bond motifs is 12. The smallest absolute Gasteiger partial charge is 0.0800 e. The third-order valence-electron chi connectivity index (χ3n) is 17.6. The first-order chi connectivity index (χ1) is 40.6. The van der Waals surface area contributed by atoms with Crippen molar-refractivity contribution in [2.24, 2.45) is 0 Å². The number of pyridine rings is 2. The summed E-state index contributed by atoms with van der Waals surface area (Å²) in [5.41, 5.74) is 27.7. The van der Waals surface area contributed by atoms with Gasteiger partial charge in [0.05, 0.1) is 44.8 Å². The van der Waals surface area contributed by atoms with Crippen LogP contribution in [0.25, 0.3) is 177 Å². The molecule has 0 radical (unpaired) electrons. The van der Waals surface area contributed by atoms with Gasteiger partial charge in [-0.2, -0.15) is 0 Å². The van der Waals surface area contributed by atoms with Gasteiger partial charge in [0.1, 0.15) is 0 Å². The van der Waals surface area contributed by atoms with Crippen molar-refractivity contribution in [2.45, 2.75) is 0 Å². The van der Waals surface area contributed by atoms with Gasteiger partial charge in [-0.1, -0.05) is 194 Å². The van der Waals surface area contributed by atoms with E-state index in [1.54, 1.807) is 0 Å². The second kappa shape index (κ2) is 17.3. The Kier molecular flexibility index (Phi) is 9.48. The highest BCUT2D eigenvalue weighted by Crippen LogP contribution is 2.50. The molecular formula is C78H46N4. The number of rotatable bonds is 7. The first-order valence-corrected chi connectivity index (χ1v) is 28.2. The number of hydrogen-bond acceptors (Lipinski definition) is 2. The van der Waals surface area contributed by atoms with Gasteiger partial charge in [0, 0.05) is 65.9 Å². The van der Waals surface area contributed by atoms with Gasteiger partial charge in [0.2, 0.25) is 0 Å². The van der Waals surface area contributed by atoms with Gasteiger partial charge in [-0.25, -0.2) is 9.97 Å². The number of hydrogen-bond donors (Lipinski definition) is 0. The number of para-hydroxylation sites is 3. The average Bonchev–Trinajstić information content (AvgIpc) is 4.36. The Balaban J connectivity index is 0.664. The van der Waals surface area contributed by atoms with Crippen molar-refractivity contribution in [3.63, 3.8) is 0 Å². The molecule has 0 N–H and O–H groups in total. The van der Waals surface area contributed by atoms with Gasteiger partial charge in [0.25, 0.3) is 0 Å². The Bertz CT molecular complexity index is 5390. The second-order valence-electron chi connectivity index (χ2n) is 22.0. The Morgan fingerprint density at radius 2 is 0.659 bits per heavy atom. The topological polar surface area (TPSA) is 35.6 Å². The first-order valence-electron chi connectivity index (χ1n) is 28.2. The van der Waals surface area contributed by atoms with E-state index < -0.39 is 0 Å². The molecule has 4 aromatic heterocycles. The highest BCUT2D eigenvalue weighted by Gasteiger charge is 2.26. The minimum absolute atomic E-state index is 0.973. The van der Waals surface area contributed by atoms with Gasteiger partial charge in [-0.05, 0) is 151 Å². The highest BCUT2D eigenvalue weighted by molar-refractivity contribution is 6.17. The Morgan fingerprint density at radius 1 is 0.220 bits per heavy atom. The maximum Gasteiger partial charge on any atom is 0.0800 e. The van der Waals surface area contributed by atoms with Crippen LogP contribution in [0.1, 0.15) is 0 Å². The molecule has 0 saturated carbocycles. The Labute approximate surface area is 472 Å². The first kappa shape index (κ1) is 45.0. The van der Waals surface area contributed by atoms with Crippen LogP contribution in [0.5, 0.6) is 0 Å². The molecule has 0 saturated heterocycles. The number of aromatic nitrogens is 4.